The number of carbonyl (C=O) groups excluding carboxylic acids is 2. The summed E-state index contributed by atoms with van der Waals surface area (Å²) in [4.78, 5) is 34.8. The zero-order valence-corrected chi connectivity index (χ0v) is 33.2. The smallest absolute Gasteiger partial charge is 0.462 e. The average Bonchev–Trinajstić information content (AvgIpc) is 3.11. The first-order chi connectivity index (χ1) is 24.8. The van der Waals surface area contributed by atoms with Crippen LogP contribution >= 0.6 is 7.82 Å². The van der Waals surface area contributed by atoms with E-state index in [-0.39, 0.29) is 32.6 Å². The summed E-state index contributed by atoms with van der Waals surface area (Å²) in [6, 6.07) is 0. The highest BCUT2D eigenvalue weighted by Gasteiger charge is 2.25. The van der Waals surface area contributed by atoms with Gasteiger partial charge in [-0.05, 0) is 70.6 Å². The number of hydrogen-bond acceptors (Lipinski definition) is 8. The highest BCUT2D eigenvalue weighted by atomic mass is 31.2. The molecule has 0 radical (unpaired) electrons. The Labute approximate surface area is 311 Å². The molecule has 10 heteroatoms. The van der Waals surface area contributed by atoms with Gasteiger partial charge in [0, 0.05) is 19.4 Å². The summed E-state index contributed by atoms with van der Waals surface area (Å²) in [6.45, 7) is 3.56. The van der Waals surface area contributed by atoms with E-state index in [2.05, 4.69) is 62.5 Å². The van der Waals surface area contributed by atoms with Gasteiger partial charge in [0.1, 0.15) is 6.61 Å². The maximum absolute atomic E-state index is 12.5. The summed E-state index contributed by atoms with van der Waals surface area (Å²) < 4.78 is 32.7. The first-order valence-electron chi connectivity index (χ1n) is 20.1. The molecule has 0 amide bonds. The molecule has 0 saturated carbocycles. The highest BCUT2D eigenvalue weighted by molar-refractivity contribution is 7.47. The van der Waals surface area contributed by atoms with E-state index in [1.807, 2.05) is 0 Å². The summed E-state index contributed by atoms with van der Waals surface area (Å²) in [5.74, 6) is -0.877. The number of phosphoric ester groups is 1. The summed E-state index contributed by atoms with van der Waals surface area (Å²) in [7, 11) is -4.38. The van der Waals surface area contributed by atoms with Crippen LogP contribution < -0.4 is 5.73 Å². The van der Waals surface area contributed by atoms with Crippen LogP contribution in [-0.2, 0) is 32.7 Å². The minimum absolute atomic E-state index is 0.0465. The molecule has 0 bridgehead atoms. The van der Waals surface area contributed by atoms with Gasteiger partial charge in [0.2, 0.25) is 0 Å². The van der Waals surface area contributed by atoms with Gasteiger partial charge in [0.05, 0.1) is 13.2 Å². The minimum Gasteiger partial charge on any atom is -0.462 e. The van der Waals surface area contributed by atoms with Gasteiger partial charge in [-0.2, -0.15) is 0 Å². The van der Waals surface area contributed by atoms with Gasteiger partial charge in [-0.1, -0.05) is 133 Å². The summed E-state index contributed by atoms with van der Waals surface area (Å²) in [6.07, 6.45) is 41.4. The lowest BCUT2D eigenvalue weighted by molar-refractivity contribution is -0.161. The van der Waals surface area contributed by atoms with Gasteiger partial charge in [-0.15, -0.1) is 0 Å². The van der Waals surface area contributed by atoms with Crippen LogP contribution in [0.2, 0.25) is 0 Å². The SMILES string of the molecule is CC/C=C/C/C=C/C/C=C/CCCCCCCC(=O)OC[C@H](COP(=O)(O)OCCN)OC(=O)CCCC/C=C/CCCCCCCCCCC. The highest BCUT2D eigenvalue weighted by Crippen LogP contribution is 2.43. The van der Waals surface area contributed by atoms with Gasteiger partial charge >= 0.3 is 19.8 Å². The van der Waals surface area contributed by atoms with Gasteiger partial charge < -0.3 is 20.1 Å². The van der Waals surface area contributed by atoms with Crippen LogP contribution in [0.25, 0.3) is 0 Å². The zero-order valence-electron chi connectivity index (χ0n) is 32.3. The molecule has 1 unspecified atom stereocenters. The Bertz CT molecular complexity index is 981. The molecule has 0 rings (SSSR count). The van der Waals surface area contributed by atoms with Crippen molar-refractivity contribution in [1.82, 2.24) is 0 Å². The summed E-state index contributed by atoms with van der Waals surface area (Å²) in [5, 5.41) is 0. The predicted molar refractivity (Wildman–Crippen MR) is 210 cm³/mol. The first kappa shape index (κ1) is 49.0. The van der Waals surface area contributed by atoms with E-state index in [1.165, 1.54) is 57.8 Å². The first-order valence-corrected chi connectivity index (χ1v) is 21.6. The second-order valence-electron chi connectivity index (χ2n) is 13.1. The topological polar surface area (TPSA) is 134 Å². The monoisotopic (exact) mass is 740 g/mol. The Morgan fingerprint density at radius 2 is 1.08 bits per heavy atom. The van der Waals surface area contributed by atoms with Crippen LogP contribution in [-0.4, -0.2) is 49.3 Å². The fourth-order valence-electron chi connectivity index (χ4n) is 5.23. The second kappa shape index (κ2) is 37.7. The van der Waals surface area contributed by atoms with Gasteiger partial charge in [0.15, 0.2) is 6.10 Å². The molecule has 3 N–H and O–H groups in total. The van der Waals surface area contributed by atoms with E-state index in [0.29, 0.717) is 12.8 Å². The quantitative estimate of drug-likeness (QED) is 0.0276. The van der Waals surface area contributed by atoms with Gasteiger partial charge in [-0.3, -0.25) is 18.6 Å². The third-order valence-electron chi connectivity index (χ3n) is 8.20. The molecular formula is C41H74NO8P. The van der Waals surface area contributed by atoms with Crippen molar-refractivity contribution < 1.29 is 37.6 Å². The molecule has 0 aliphatic rings. The molecule has 0 aromatic carbocycles. The standard InChI is InChI=1S/C41H74NO8P/c1-3-5-7-9-11-13-15-17-19-21-23-25-27-29-31-33-40(43)47-37-39(38-49-51(45,46)48-36-35-42)50-41(44)34-32-30-28-26-24-22-20-18-16-14-12-10-8-6-4-2/h5,7,11,13,17,19,24,26,39H,3-4,6,8-10,12,14-16,18,20-23,25,27-38,42H2,1-2H3,(H,45,46)/b7-5+,13-11+,19-17+,26-24+/t39-/m1/s1. The summed E-state index contributed by atoms with van der Waals surface area (Å²) >= 11 is 0. The molecule has 2 atom stereocenters. The fraction of sp³-hybridized carbons (Fsp3) is 0.756. The molecule has 0 aliphatic heterocycles. The average molecular weight is 740 g/mol. The molecule has 0 aromatic heterocycles. The Hall–Kier alpha value is -2.03. The number of phosphoric acid groups is 1. The molecule has 0 fully saturated rings. The molecule has 51 heavy (non-hydrogen) atoms. The molecular weight excluding hydrogens is 665 g/mol. The van der Waals surface area contributed by atoms with Crippen LogP contribution in [0.4, 0.5) is 0 Å². The third-order valence-corrected chi connectivity index (χ3v) is 9.18. The van der Waals surface area contributed by atoms with E-state index in [0.717, 1.165) is 70.6 Å². The van der Waals surface area contributed by atoms with Crippen LogP contribution in [0.15, 0.2) is 48.6 Å². The Balaban J connectivity index is 4.26. The maximum Gasteiger partial charge on any atom is 0.472 e. The number of rotatable bonds is 37. The van der Waals surface area contributed by atoms with Crippen molar-refractivity contribution in [3.63, 3.8) is 0 Å². The molecule has 9 nitrogen and oxygen atoms in total. The van der Waals surface area contributed by atoms with Crippen molar-refractivity contribution in [3.05, 3.63) is 48.6 Å². The van der Waals surface area contributed by atoms with E-state index >= 15 is 0 Å². The number of hydrogen-bond donors (Lipinski definition) is 2. The van der Waals surface area contributed by atoms with E-state index in [1.54, 1.807) is 0 Å². The van der Waals surface area contributed by atoms with Crippen molar-refractivity contribution in [3.8, 4) is 0 Å². The largest absolute Gasteiger partial charge is 0.472 e. The third kappa shape index (κ3) is 37.5. The lowest BCUT2D eigenvalue weighted by atomic mass is 10.1. The van der Waals surface area contributed by atoms with Crippen molar-refractivity contribution >= 4 is 19.8 Å². The van der Waals surface area contributed by atoms with Crippen molar-refractivity contribution in [2.75, 3.05) is 26.4 Å². The van der Waals surface area contributed by atoms with Gasteiger partial charge in [0.25, 0.3) is 0 Å². The van der Waals surface area contributed by atoms with Crippen molar-refractivity contribution in [2.24, 2.45) is 5.73 Å². The normalized spacial score (nSPS) is 13.9. The number of carbonyl (C=O) groups is 2. The van der Waals surface area contributed by atoms with Crippen molar-refractivity contribution in [1.29, 1.82) is 0 Å². The minimum atomic E-state index is -4.38. The molecule has 0 heterocycles. The lowest BCUT2D eigenvalue weighted by Gasteiger charge is -2.19. The van der Waals surface area contributed by atoms with Crippen LogP contribution in [0.3, 0.4) is 0 Å². The fourth-order valence-corrected chi connectivity index (χ4v) is 6.00. The number of esters is 2. The molecule has 0 spiro atoms. The number of allylic oxidation sites excluding steroid dienone is 8. The van der Waals surface area contributed by atoms with E-state index in [4.69, 9.17) is 24.3 Å². The maximum atomic E-state index is 12.5. The molecule has 0 saturated heterocycles. The Morgan fingerprint density at radius 3 is 1.67 bits per heavy atom. The van der Waals surface area contributed by atoms with E-state index < -0.39 is 32.5 Å². The van der Waals surface area contributed by atoms with Crippen LogP contribution in [0.1, 0.15) is 168 Å². The van der Waals surface area contributed by atoms with Crippen LogP contribution in [0.5, 0.6) is 0 Å². The predicted octanol–water partition coefficient (Wildman–Crippen LogP) is 11.2. The van der Waals surface area contributed by atoms with Crippen molar-refractivity contribution in [2.45, 2.75) is 174 Å². The zero-order chi connectivity index (χ0) is 37.5. The number of nitrogens with two attached hydrogens (primary N) is 1. The number of ether oxygens (including phenoxy) is 2. The van der Waals surface area contributed by atoms with Gasteiger partial charge in [-0.25, -0.2) is 4.57 Å². The Morgan fingerprint density at radius 1 is 0.608 bits per heavy atom. The molecule has 0 aliphatic carbocycles. The second-order valence-corrected chi connectivity index (χ2v) is 14.6. The van der Waals surface area contributed by atoms with Crippen LogP contribution in [0, 0.1) is 0 Å². The van der Waals surface area contributed by atoms with E-state index in [9.17, 15) is 19.0 Å². The molecule has 296 valence electrons. The Kier molecular flexibility index (Phi) is 36.2. The molecule has 0 aromatic rings. The number of unbranched alkanes of at least 4 members (excludes halogenated alkanes) is 16. The summed E-state index contributed by atoms with van der Waals surface area (Å²) in [5.41, 5.74) is 5.33. The lowest BCUT2D eigenvalue weighted by Crippen LogP contribution is -2.29.